The van der Waals surface area contributed by atoms with Crippen LogP contribution in [0.4, 0.5) is 0 Å². The zero-order valence-electron chi connectivity index (χ0n) is 11.4. The van der Waals surface area contributed by atoms with Gasteiger partial charge in [-0.05, 0) is 22.9 Å². The van der Waals surface area contributed by atoms with Gasteiger partial charge in [0.15, 0.2) is 0 Å². The summed E-state index contributed by atoms with van der Waals surface area (Å²) in [7, 11) is 0. The molecule has 0 bridgehead atoms. The molecule has 0 spiro atoms. The Morgan fingerprint density at radius 1 is 1.19 bits per heavy atom. The molecule has 5 heteroatoms. The number of hydrogen-bond donors (Lipinski definition) is 3. The van der Waals surface area contributed by atoms with Gasteiger partial charge in [0.25, 0.3) is 5.91 Å². The van der Waals surface area contributed by atoms with Crippen LogP contribution in [0.15, 0.2) is 54.6 Å². The molecule has 21 heavy (non-hydrogen) atoms. The van der Waals surface area contributed by atoms with Crippen molar-refractivity contribution in [1.29, 1.82) is 0 Å². The monoisotopic (exact) mass is 284 g/mol. The highest BCUT2D eigenvalue weighted by Crippen LogP contribution is 2.15. The van der Waals surface area contributed by atoms with Crippen molar-refractivity contribution in [2.24, 2.45) is 5.73 Å². The molecule has 108 valence electrons. The van der Waals surface area contributed by atoms with E-state index >= 15 is 0 Å². The molecule has 2 aromatic carbocycles. The Labute approximate surface area is 122 Å². The van der Waals surface area contributed by atoms with E-state index in [0.29, 0.717) is 5.56 Å². The maximum atomic E-state index is 12.0. The van der Waals surface area contributed by atoms with E-state index in [1.807, 2.05) is 30.3 Å². The van der Waals surface area contributed by atoms with Crippen molar-refractivity contribution in [3.05, 3.63) is 60.2 Å². The van der Waals surface area contributed by atoms with Crippen molar-refractivity contribution in [3.8, 4) is 0 Å². The number of benzene rings is 2. The molecule has 0 fully saturated rings. The van der Waals surface area contributed by atoms with Crippen LogP contribution < -0.4 is 11.1 Å². The fraction of sp³-hybridized carbons (Fsp3) is 0.125. The minimum Gasteiger partial charge on any atom is -0.386 e. The Morgan fingerprint density at radius 2 is 1.86 bits per heavy atom. The van der Waals surface area contributed by atoms with Gasteiger partial charge in [0, 0.05) is 17.7 Å². The average Bonchev–Trinajstić information content (AvgIpc) is 2.50. The molecular weight excluding hydrogens is 268 g/mol. The van der Waals surface area contributed by atoms with Crippen LogP contribution in [0.2, 0.25) is 0 Å². The lowest BCUT2D eigenvalue weighted by Gasteiger charge is -2.12. The molecule has 2 rings (SSSR count). The third kappa shape index (κ3) is 3.46. The standard InChI is InChI=1S/C16H16N2O3/c1-10(15(17)20)14(19)9-18-16(21)13-7-6-11-4-2-3-5-12(11)8-13/h2-8,14,19H,1,9H2,(H2,17,20)(H,18,21). The van der Waals surface area contributed by atoms with E-state index < -0.39 is 12.0 Å². The van der Waals surface area contributed by atoms with Gasteiger partial charge < -0.3 is 16.2 Å². The lowest BCUT2D eigenvalue weighted by atomic mass is 10.1. The summed E-state index contributed by atoms with van der Waals surface area (Å²) in [6, 6.07) is 13.0. The molecule has 5 nitrogen and oxygen atoms in total. The Morgan fingerprint density at radius 3 is 2.52 bits per heavy atom. The summed E-state index contributed by atoms with van der Waals surface area (Å²) in [4.78, 5) is 22.9. The van der Waals surface area contributed by atoms with Crippen molar-refractivity contribution >= 4 is 22.6 Å². The highest BCUT2D eigenvalue weighted by molar-refractivity contribution is 5.98. The molecule has 2 aromatic rings. The van der Waals surface area contributed by atoms with E-state index in [2.05, 4.69) is 11.9 Å². The Kier molecular flexibility index (Phi) is 4.35. The SMILES string of the molecule is C=C(C(N)=O)C(O)CNC(=O)c1ccc2ccccc2c1. The van der Waals surface area contributed by atoms with Gasteiger partial charge in [-0.3, -0.25) is 9.59 Å². The first-order valence-electron chi connectivity index (χ1n) is 6.42. The Hall–Kier alpha value is -2.66. The number of nitrogens with one attached hydrogen (secondary N) is 1. The van der Waals surface area contributed by atoms with Gasteiger partial charge >= 0.3 is 0 Å². The minimum atomic E-state index is -1.19. The van der Waals surface area contributed by atoms with Gasteiger partial charge in [0.2, 0.25) is 5.91 Å². The number of carbonyl (C=O) groups is 2. The van der Waals surface area contributed by atoms with Crippen LogP contribution in [0.25, 0.3) is 10.8 Å². The molecular formula is C16H16N2O3. The van der Waals surface area contributed by atoms with Crippen LogP contribution >= 0.6 is 0 Å². The number of aliphatic hydroxyl groups is 1. The second-order valence-electron chi connectivity index (χ2n) is 4.68. The van der Waals surface area contributed by atoms with Crippen LogP contribution in [-0.4, -0.2) is 29.6 Å². The zero-order chi connectivity index (χ0) is 15.4. The van der Waals surface area contributed by atoms with Crippen molar-refractivity contribution in [2.45, 2.75) is 6.10 Å². The van der Waals surface area contributed by atoms with Gasteiger partial charge in [0.05, 0.1) is 0 Å². The van der Waals surface area contributed by atoms with Gasteiger partial charge in [-0.25, -0.2) is 0 Å². The molecule has 0 aliphatic heterocycles. The van der Waals surface area contributed by atoms with Gasteiger partial charge in [-0.2, -0.15) is 0 Å². The smallest absolute Gasteiger partial charge is 0.251 e. The number of nitrogens with two attached hydrogens (primary N) is 1. The predicted octanol–water partition coefficient (Wildman–Crippen LogP) is 0.972. The molecule has 0 saturated heterocycles. The van der Waals surface area contributed by atoms with E-state index in [9.17, 15) is 14.7 Å². The van der Waals surface area contributed by atoms with Crippen LogP contribution in [0, 0.1) is 0 Å². The summed E-state index contributed by atoms with van der Waals surface area (Å²) >= 11 is 0. The summed E-state index contributed by atoms with van der Waals surface area (Å²) < 4.78 is 0. The number of fused-ring (bicyclic) bond motifs is 1. The van der Waals surface area contributed by atoms with E-state index in [1.54, 1.807) is 12.1 Å². The molecule has 4 N–H and O–H groups in total. The van der Waals surface area contributed by atoms with Gasteiger partial charge in [-0.1, -0.05) is 36.9 Å². The molecule has 2 amide bonds. The van der Waals surface area contributed by atoms with Crippen LogP contribution in [0.3, 0.4) is 0 Å². The largest absolute Gasteiger partial charge is 0.386 e. The van der Waals surface area contributed by atoms with E-state index in [4.69, 9.17) is 5.73 Å². The molecule has 1 atom stereocenters. The quantitative estimate of drug-likeness (QED) is 0.714. The van der Waals surface area contributed by atoms with Crippen LogP contribution in [0.5, 0.6) is 0 Å². The predicted molar refractivity (Wildman–Crippen MR) is 80.6 cm³/mol. The van der Waals surface area contributed by atoms with Crippen molar-refractivity contribution in [1.82, 2.24) is 5.32 Å². The first-order chi connectivity index (χ1) is 9.99. The van der Waals surface area contributed by atoms with Crippen LogP contribution in [-0.2, 0) is 4.79 Å². The number of primary amides is 1. The molecule has 1 unspecified atom stereocenters. The van der Waals surface area contributed by atoms with Crippen molar-refractivity contribution in [3.63, 3.8) is 0 Å². The van der Waals surface area contributed by atoms with Crippen LogP contribution in [0.1, 0.15) is 10.4 Å². The lowest BCUT2D eigenvalue weighted by molar-refractivity contribution is -0.115. The molecule has 0 aliphatic carbocycles. The van der Waals surface area contributed by atoms with Crippen molar-refractivity contribution in [2.75, 3.05) is 6.54 Å². The highest BCUT2D eigenvalue weighted by Gasteiger charge is 2.15. The van der Waals surface area contributed by atoms with E-state index in [-0.39, 0.29) is 18.0 Å². The fourth-order valence-corrected chi connectivity index (χ4v) is 1.91. The number of aliphatic hydroxyl groups excluding tert-OH is 1. The first-order valence-corrected chi connectivity index (χ1v) is 6.42. The third-order valence-corrected chi connectivity index (χ3v) is 3.19. The third-order valence-electron chi connectivity index (χ3n) is 3.19. The minimum absolute atomic E-state index is 0.118. The maximum absolute atomic E-state index is 12.0. The Bertz CT molecular complexity index is 709. The van der Waals surface area contributed by atoms with Gasteiger partial charge in [-0.15, -0.1) is 0 Å². The fourth-order valence-electron chi connectivity index (χ4n) is 1.91. The topological polar surface area (TPSA) is 92.4 Å². The number of amides is 2. The number of rotatable bonds is 5. The first kappa shape index (κ1) is 14.7. The average molecular weight is 284 g/mol. The molecule has 0 radical (unpaired) electrons. The number of carbonyl (C=O) groups excluding carboxylic acids is 2. The normalized spacial score (nSPS) is 11.9. The van der Waals surface area contributed by atoms with Crippen molar-refractivity contribution < 1.29 is 14.7 Å². The summed E-state index contributed by atoms with van der Waals surface area (Å²) in [5.41, 5.74) is 5.35. The Balaban J connectivity index is 2.05. The van der Waals surface area contributed by atoms with E-state index in [1.165, 1.54) is 0 Å². The second-order valence-corrected chi connectivity index (χ2v) is 4.68. The highest BCUT2D eigenvalue weighted by atomic mass is 16.3. The maximum Gasteiger partial charge on any atom is 0.251 e. The molecule has 0 heterocycles. The molecule has 0 aliphatic rings. The second kappa shape index (κ2) is 6.19. The molecule has 0 saturated carbocycles. The van der Waals surface area contributed by atoms with E-state index in [0.717, 1.165) is 10.8 Å². The zero-order valence-corrected chi connectivity index (χ0v) is 11.4. The number of hydrogen-bond acceptors (Lipinski definition) is 3. The summed E-state index contributed by atoms with van der Waals surface area (Å²) in [6.45, 7) is 3.25. The molecule has 0 aromatic heterocycles. The summed E-state index contributed by atoms with van der Waals surface area (Å²) in [6.07, 6.45) is -1.19. The summed E-state index contributed by atoms with van der Waals surface area (Å²) in [5.74, 6) is -1.13. The lowest BCUT2D eigenvalue weighted by Crippen LogP contribution is -2.36. The summed E-state index contributed by atoms with van der Waals surface area (Å²) in [5, 5.41) is 14.2. The van der Waals surface area contributed by atoms with Gasteiger partial charge in [0.1, 0.15) is 6.10 Å².